The second-order valence-corrected chi connectivity index (χ2v) is 5.51. The van der Waals surface area contributed by atoms with Gasteiger partial charge in [-0.15, -0.1) is 0 Å². The lowest BCUT2D eigenvalue weighted by Crippen LogP contribution is -2.29. The second-order valence-electron chi connectivity index (χ2n) is 5.51. The van der Waals surface area contributed by atoms with Crippen LogP contribution in [0.5, 0.6) is 5.75 Å². The second kappa shape index (κ2) is 7.25. The maximum Gasteiger partial charge on any atom is 0.118 e. The highest BCUT2D eigenvalue weighted by Crippen LogP contribution is 2.17. The molecule has 2 N–H and O–H groups in total. The zero-order valence-corrected chi connectivity index (χ0v) is 13.0. The largest absolute Gasteiger partial charge is 0.497 e. The van der Waals surface area contributed by atoms with Gasteiger partial charge in [0.15, 0.2) is 0 Å². The fraction of sp³-hybridized carbons (Fsp3) is 0.333. The summed E-state index contributed by atoms with van der Waals surface area (Å²) in [6.45, 7) is 3.82. The van der Waals surface area contributed by atoms with E-state index in [1.54, 1.807) is 7.11 Å². The van der Waals surface area contributed by atoms with E-state index in [4.69, 9.17) is 10.5 Å². The average molecular weight is 284 g/mol. The van der Waals surface area contributed by atoms with Gasteiger partial charge in [-0.2, -0.15) is 0 Å². The highest BCUT2D eigenvalue weighted by Gasteiger charge is 2.11. The Kier molecular flexibility index (Phi) is 5.37. The van der Waals surface area contributed by atoms with Crippen molar-refractivity contribution < 1.29 is 4.74 Å². The average Bonchev–Trinajstić information content (AvgIpc) is 2.48. The molecule has 0 saturated carbocycles. The summed E-state index contributed by atoms with van der Waals surface area (Å²) in [7, 11) is 3.78. The van der Waals surface area contributed by atoms with Crippen molar-refractivity contribution >= 4 is 0 Å². The van der Waals surface area contributed by atoms with Gasteiger partial charge < -0.3 is 15.4 Å². The van der Waals surface area contributed by atoms with Crippen molar-refractivity contribution in [3.05, 3.63) is 65.2 Å². The number of likely N-dealkylation sites (N-methyl/N-ethyl adjacent to an activating group) is 1. The predicted octanol–water partition coefficient (Wildman–Crippen LogP) is 3.14. The van der Waals surface area contributed by atoms with E-state index in [1.807, 2.05) is 24.3 Å². The molecule has 0 fully saturated rings. The molecule has 0 aromatic heterocycles. The molecule has 21 heavy (non-hydrogen) atoms. The maximum atomic E-state index is 6.33. The Morgan fingerprint density at radius 1 is 1.10 bits per heavy atom. The van der Waals surface area contributed by atoms with E-state index in [0.717, 1.165) is 18.8 Å². The van der Waals surface area contributed by atoms with E-state index < -0.39 is 0 Å². The first-order chi connectivity index (χ1) is 10.1. The lowest BCUT2D eigenvalue weighted by Gasteiger charge is -2.22. The number of ether oxygens (including phenoxy) is 1. The van der Waals surface area contributed by atoms with Crippen LogP contribution in [0.4, 0.5) is 0 Å². The Bertz CT molecular complexity index is 566. The summed E-state index contributed by atoms with van der Waals surface area (Å²) < 4.78 is 5.18. The topological polar surface area (TPSA) is 38.5 Å². The molecule has 3 nitrogen and oxygen atoms in total. The zero-order valence-electron chi connectivity index (χ0n) is 13.0. The molecule has 0 bridgehead atoms. The molecular weight excluding hydrogens is 260 g/mol. The molecule has 0 amide bonds. The van der Waals surface area contributed by atoms with Crippen LogP contribution in [0.25, 0.3) is 0 Å². The number of hydrogen-bond acceptors (Lipinski definition) is 3. The number of nitrogens with two attached hydrogens (primary N) is 1. The van der Waals surface area contributed by atoms with Crippen molar-refractivity contribution in [1.82, 2.24) is 4.90 Å². The van der Waals surface area contributed by atoms with Crippen molar-refractivity contribution in [2.24, 2.45) is 5.73 Å². The van der Waals surface area contributed by atoms with E-state index in [1.165, 1.54) is 16.7 Å². The van der Waals surface area contributed by atoms with Crippen LogP contribution in [0.2, 0.25) is 0 Å². The molecule has 0 saturated heterocycles. The van der Waals surface area contributed by atoms with E-state index in [9.17, 15) is 0 Å². The number of benzene rings is 2. The van der Waals surface area contributed by atoms with Crippen LogP contribution in [-0.2, 0) is 6.54 Å². The van der Waals surface area contributed by atoms with Crippen LogP contribution >= 0.6 is 0 Å². The van der Waals surface area contributed by atoms with Gasteiger partial charge in [-0.25, -0.2) is 0 Å². The minimum absolute atomic E-state index is 0.0365. The molecule has 112 valence electrons. The minimum Gasteiger partial charge on any atom is -0.497 e. The summed E-state index contributed by atoms with van der Waals surface area (Å²) >= 11 is 0. The third kappa shape index (κ3) is 4.31. The molecule has 3 heteroatoms. The van der Waals surface area contributed by atoms with E-state index in [-0.39, 0.29) is 6.04 Å². The lowest BCUT2D eigenvalue weighted by atomic mass is 10.0. The lowest BCUT2D eigenvalue weighted by molar-refractivity contribution is 0.305. The summed E-state index contributed by atoms with van der Waals surface area (Å²) in [6.07, 6.45) is 0. The molecule has 2 aromatic carbocycles. The molecule has 0 heterocycles. The molecule has 0 aliphatic rings. The van der Waals surface area contributed by atoms with Gasteiger partial charge in [-0.3, -0.25) is 0 Å². The van der Waals surface area contributed by atoms with Crippen molar-refractivity contribution in [2.45, 2.75) is 19.5 Å². The van der Waals surface area contributed by atoms with Gasteiger partial charge in [0, 0.05) is 19.1 Å². The third-order valence-electron chi connectivity index (χ3n) is 3.71. The summed E-state index contributed by atoms with van der Waals surface area (Å²) in [5.74, 6) is 0.887. The number of nitrogens with zero attached hydrogens (tertiary/aromatic N) is 1. The summed E-state index contributed by atoms with van der Waals surface area (Å²) in [4.78, 5) is 2.25. The Labute approximate surface area is 127 Å². The molecule has 0 radical (unpaired) electrons. The monoisotopic (exact) mass is 284 g/mol. The van der Waals surface area contributed by atoms with Crippen LogP contribution in [0, 0.1) is 6.92 Å². The highest BCUT2D eigenvalue weighted by atomic mass is 16.5. The molecule has 2 aromatic rings. The molecule has 0 aliphatic heterocycles. The smallest absolute Gasteiger partial charge is 0.118 e. The van der Waals surface area contributed by atoms with Gasteiger partial charge in [0.25, 0.3) is 0 Å². The Morgan fingerprint density at radius 3 is 2.38 bits per heavy atom. The number of rotatable bonds is 6. The highest BCUT2D eigenvalue weighted by molar-refractivity contribution is 5.29. The molecule has 1 unspecified atom stereocenters. The Morgan fingerprint density at radius 2 is 1.76 bits per heavy atom. The van der Waals surface area contributed by atoms with Gasteiger partial charge in [-0.05, 0) is 42.8 Å². The third-order valence-corrected chi connectivity index (χ3v) is 3.71. The van der Waals surface area contributed by atoms with Gasteiger partial charge in [-0.1, -0.05) is 36.4 Å². The molecular formula is C18H24N2O. The van der Waals surface area contributed by atoms with Crippen LogP contribution in [0.3, 0.4) is 0 Å². The normalized spacial score (nSPS) is 12.4. The van der Waals surface area contributed by atoms with Gasteiger partial charge in [0.05, 0.1) is 7.11 Å². The SMILES string of the molecule is COc1ccc(CN(C)CC(N)c2ccccc2C)cc1. The van der Waals surface area contributed by atoms with Crippen molar-refractivity contribution in [1.29, 1.82) is 0 Å². The fourth-order valence-corrected chi connectivity index (χ4v) is 2.54. The number of aryl methyl sites for hydroxylation is 1. The first-order valence-corrected chi connectivity index (χ1v) is 7.22. The Hall–Kier alpha value is -1.84. The zero-order chi connectivity index (χ0) is 15.2. The maximum absolute atomic E-state index is 6.33. The van der Waals surface area contributed by atoms with Gasteiger partial charge in [0.1, 0.15) is 5.75 Å². The molecule has 2 rings (SSSR count). The standard InChI is InChI=1S/C18H24N2O/c1-14-6-4-5-7-17(14)18(19)13-20(2)12-15-8-10-16(21-3)11-9-15/h4-11,18H,12-13,19H2,1-3H3. The molecule has 1 atom stereocenters. The quantitative estimate of drug-likeness (QED) is 0.885. The number of methoxy groups -OCH3 is 1. The van der Waals surface area contributed by atoms with Crippen molar-refractivity contribution in [3.63, 3.8) is 0 Å². The fourth-order valence-electron chi connectivity index (χ4n) is 2.54. The minimum atomic E-state index is 0.0365. The molecule has 0 spiro atoms. The van der Waals surface area contributed by atoms with Crippen LogP contribution in [0.15, 0.2) is 48.5 Å². The summed E-state index contributed by atoms with van der Waals surface area (Å²) in [6, 6.07) is 16.5. The first-order valence-electron chi connectivity index (χ1n) is 7.22. The van der Waals surface area contributed by atoms with Crippen LogP contribution in [-0.4, -0.2) is 25.6 Å². The Balaban J connectivity index is 1.94. The van der Waals surface area contributed by atoms with Crippen LogP contribution < -0.4 is 10.5 Å². The number of hydrogen-bond donors (Lipinski definition) is 1. The first kappa shape index (κ1) is 15.5. The van der Waals surface area contributed by atoms with E-state index >= 15 is 0 Å². The van der Waals surface area contributed by atoms with Crippen molar-refractivity contribution in [3.8, 4) is 5.75 Å². The van der Waals surface area contributed by atoms with Crippen molar-refractivity contribution in [2.75, 3.05) is 20.7 Å². The summed E-state index contributed by atoms with van der Waals surface area (Å²) in [5.41, 5.74) is 10.1. The van der Waals surface area contributed by atoms with E-state index in [0.29, 0.717) is 0 Å². The predicted molar refractivity (Wildman–Crippen MR) is 87.4 cm³/mol. The molecule has 0 aliphatic carbocycles. The van der Waals surface area contributed by atoms with Crippen LogP contribution in [0.1, 0.15) is 22.7 Å². The summed E-state index contributed by atoms with van der Waals surface area (Å²) in [5, 5.41) is 0. The van der Waals surface area contributed by atoms with E-state index in [2.05, 4.69) is 43.1 Å². The van der Waals surface area contributed by atoms with Gasteiger partial charge >= 0.3 is 0 Å². The van der Waals surface area contributed by atoms with Gasteiger partial charge in [0.2, 0.25) is 0 Å².